The molecule has 0 saturated heterocycles. The van der Waals surface area contributed by atoms with Crippen molar-refractivity contribution in [3.63, 3.8) is 0 Å². The molecule has 1 N–H and O–H groups in total. The maximum absolute atomic E-state index is 11.3. The highest BCUT2D eigenvalue weighted by Crippen LogP contribution is 2.47. The average Bonchev–Trinajstić information content (AvgIpc) is 2.46. The number of hydrogen-bond donors (Lipinski definition) is 1. The SMILES string of the molecule is CN(C)CC[C@]1(O)c2ccccc2Oc2cccnc21. The van der Waals surface area contributed by atoms with Crippen molar-refractivity contribution in [3.8, 4) is 11.5 Å². The number of para-hydroxylation sites is 1. The summed E-state index contributed by atoms with van der Waals surface area (Å²) in [6, 6.07) is 11.3. The third kappa shape index (κ3) is 2.07. The van der Waals surface area contributed by atoms with Crippen molar-refractivity contribution in [1.29, 1.82) is 0 Å². The lowest BCUT2D eigenvalue weighted by Crippen LogP contribution is -2.35. The zero-order chi connectivity index (χ0) is 14.2. The molecule has 0 amide bonds. The van der Waals surface area contributed by atoms with Gasteiger partial charge in [0.2, 0.25) is 0 Å². The lowest BCUT2D eigenvalue weighted by molar-refractivity contribution is 0.0482. The summed E-state index contributed by atoms with van der Waals surface area (Å²) in [4.78, 5) is 6.41. The fraction of sp³-hybridized carbons (Fsp3) is 0.312. The second kappa shape index (κ2) is 4.89. The van der Waals surface area contributed by atoms with Gasteiger partial charge in [0.25, 0.3) is 0 Å². The normalized spacial score (nSPS) is 20.2. The van der Waals surface area contributed by atoms with E-state index in [-0.39, 0.29) is 0 Å². The maximum atomic E-state index is 11.3. The molecule has 0 aliphatic carbocycles. The largest absolute Gasteiger partial charge is 0.455 e. The Hall–Kier alpha value is -1.91. The maximum Gasteiger partial charge on any atom is 0.152 e. The minimum absolute atomic E-state index is 0.574. The zero-order valence-corrected chi connectivity index (χ0v) is 11.7. The molecule has 3 rings (SSSR count). The average molecular weight is 270 g/mol. The fourth-order valence-electron chi connectivity index (χ4n) is 2.57. The van der Waals surface area contributed by atoms with Crippen LogP contribution in [0, 0.1) is 0 Å². The molecule has 0 bridgehead atoms. The second-order valence-corrected chi connectivity index (χ2v) is 5.36. The van der Waals surface area contributed by atoms with Gasteiger partial charge in [0.15, 0.2) is 5.75 Å². The smallest absolute Gasteiger partial charge is 0.152 e. The lowest BCUT2D eigenvalue weighted by atomic mass is 9.84. The van der Waals surface area contributed by atoms with Crippen molar-refractivity contribution in [3.05, 3.63) is 53.9 Å². The number of aliphatic hydroxyl groups is 1. The molecule has 104 valence electrons. The first-order valence-corrected chi connectivity index (χ1v) is 6.71. The van der Waals surface area contributed by atoms with E-state index in [2.05, 4.69) is 9.88 Å². The predicted molar refractivity (Wildman–Crippen MR) is 76.9 cm³/mol. The van der Waals surface area contributed by atoms with E-state index < -0.39 is 5.60 Å². The zero-order valence-electron chi connectivity index (χ0n) is 11.7. The summed E-state index contributed by atoms with van der Waals surface area (Å²) in [5, 5.41) is 11.3. The Labute approximate surface area is 118 Å². The van der Waals surface area contributed by atoms with E-state index in [1.54, 1.807) is 6.20 Å². The van der Waals surface area contributed by atoms with Crippen LogP contribution in [0.1, 0.15) is 17.7 Å². The predicted octanol–water partition coefficient (Wildman–Crippen LogP) is 2.37. The highest BCUT2D eigenvalue weighted by Gasteiger charge is 2.41. The number of nitrogens with zero attached hydrogens (tertiary/aromatic N) is 2. The van der Waals surface area contributed by atoms with E-state index in [9.17, 15) is 5.11 Å². The Balaban J connectivity index is 2.12. The number of hydrogen-bond acceptors (Lipinski definition) is 4. The van der Waals surface area contributed by atoms with Crippen LogP contribution in [-0.2, 0) is 5.60 Å². The first-order chi connectivity index (χ1) is 9.61. The van der Waals surface area contributed by atoms with E-state index in [1.807, 2.05) is 50.5 Å². The van der Waals surface area contributed by atoms with Gasteiger partial charge in [-0.3, -0.25) is 4.98 Å². The number of aromatic nitrogens is 1. The molecule has 0 fully saturated rings. The van der Waals surface area contributed by atoms with Crippen LogP contribution in [0.5, 0.6) is 11.5 Å². The Morgan fingerprint density at radius 3 is 2.70 bits per heavy atom. The van der Waals surface area contributed by atoms with Crippen molar-refractivity contribution in [2.45, 2.75) is 12.0 Å². The quantitative estimate of drug-likeness (QED) is 0.930. The summed E-state index contributed by atoms with van der Waals surface area (Å²) in [5.74, 6) is 1.33. The molecule has 2 aromatic rings. The third-order valence-corrected chi connectivity index (χ3v) is 3.64. The molecule has 0 unspecified atom stereocenters. The van der Waals surface area contributed by atoms with Crippen LogP contribution in [0.25, 0.3) is 0 Å². The van der Waals surface area contributed by atoms with E-state index >= 15 is 0 Å². The molecule has 2 heterocycles. The Kier molecular flexibility index (Phi) is 3.20. The molecule has 0 saturated carbocycles. The first kappa shape index (κ1) is 13.1. The van der Waals surface area contributed by atoms with E-state index in [0.29, 0.717) is 23.6 Å². The summed E-state index contributed by atoms with van der Waals surface area (Å²) in [5.41, 5.74) is 0.281. The molecule has 4 nitrogen and oxygen atoms in total. The first-order valence-electron chi connectivity index (χ1n) is 6.71. The topological polar surface area (TPSA) is 45.6 Å². The molecule has 20 heavy (non-hydrogen) atoms. The van der Waals surface area contributed by atoms with Gasteiger partial charge >= 0.3 is 0 Å². The molecule has 0 spiro atoms. The van der Waals surface area contributed by atoms with Crippen molar-refractivity contribution >= 4 is 0 Å². The highest BCUT2D eigenvalue weighted by atomic mass is 16.5. The van der Waals surface area contributed by atoms with Crippen LogP contribution in [0.3, 0.4) is 0 Å². The molecule has 4 heteroatoms. The lowest BCUT2D eigenvalue weighted by Gasteiger charge is -2.35. The van der Waals surface area contributed by atoms with Crippen LogP contribution in [0.2, 0.25) is 0 Å². The van der Waals surface area contributed by atoms with Crippen molar-refractivity contribution in [2.75, 3.05) is 20.6 Å². The molecule has 1 aliphatic heterocycles. The van der Waals surface area contributed by atoms with Crippen LogP contribution in [0.15, 0.2) is 42.6 Å². The van der Waals surface area contributed by atoms with Gasteiger partial charge in [0.05, 0.1) is 0 Å². The van der Waals surface area contributed by atoms with Gasteiger partial charge in [-0.05, 0) is 38.7 Å². The van der Waals surface area contributed by atoms with Crippen LogP contribution >= 0.6 is 0 Å². The minimum Gasteiger partial charge on any atom is -0.455 e. The van der Waals surface area contributed by atoms with Gasteiger partial charge in [-0.15, -0.1) is 0 Å². The summed E-state index contributed by atoms with van der Waals surface area (Å²) < 4.78 is 5.84. The molecule has 1 aromatic carbocycles. The van der Waals surface area contributed by atoms with E-state index in [4.69, 9.17) is 4.74 Å². The van der Waals surface area contributed by atoms with Gasteiger partial charge in [0, 0.05) is 18.3 Å². The molecule has 0 radical (unpaired) electrons. The van der Waals surface area contributed by atoms with Gasteiger partial charge in [-0.25, -0.2) is 0 Å². The van der Waals surface area contributed by atoms with Gasteiger partial charge < -0.3 is 14.7 Å². The summed E-state index contributed by atoms with van der Waals surface area (Å²) >= 11 is 0. The summed E-state index contributed by atoms with van der Waals surface area (Å²) in [6.07, 6.45) is 2.27. The van der Waals surface area contributed by atoms with Gasteiger partial charge in [-0.1, -0.05) is 18.2 Å². The number of fused-ring (bicyclic) bond motifs is 2. The van der Waals surface area contributed by atoms with Crippen molar-refractivity contribution < 1.29 is 9.84 Å². The van der Waals surface area contributed by atoms with E-state index in [1.165, 1.54) is 0 Å². The second-order valence-electron chi connectivity index (χ2n) is 5.36. The molecular weight excluding hydrogens is 252 g/mol. The Morgan fingerprint density at radius 2 is 1.90 bits per heavy atom. The number of pyridine rings is 1. The van der Waals surface area contributed by atoms with Gasteiger partial charge in [0.1, 0.15) is 17.0 Å². The monoisotopic (exact) mass is 270 g/mol. The summed E-state index contributed by atoms with van der Waals surface area (Å²) in [6.45, 7) is 0.765. The van der Waals surface area contributed by atoms with Crippen molar-refractivity contribution in [2.24, 2.45) is 0 Å². The van der Waals surface area contributed by atoms with Crippen molar-refractivity contribution in [1.82, 2.24) is 9.88 Å². The Morgan fingerprint density at radius 1 is 1.15 bits per heavy atom. The van der Waals surface area contributed by atoms with Crippen LogP contribution < -0.4 is 4.74 Å². The molecule has 1 aliphatic rings. The third-order valence-electron chi connectivity index (χ3n) is 3.64. The Bertz CT molecular complexity index is 580. The standard InChI is InChI=1S/C16H18N2O2/c1-18(2)11-9-16(19)12-6-3-4-7-13(12)20-14-8-5-10-17-15(14)16/h3-8,10,19H,9,11H2,1-2H3/t16-/m0/s1. The van der Waals surface area contributed by atoms with E-state index in [0.717, 1.165) is 12.1 Å². The molecule has 1 atom stereocenters. The summed E-state index contributed by atoms with van der Waals surface area (Å²) in [7, 11) is 3.99. The highest BCUT2D eigenvalue weighted by molar-refractivity contribution is 5.52. The van der Waals surface area contributed by atoms with Crippen LogP contribution in [-0.4, -0.2) is 35.6 Å². The molecule has 1 aromatic heterocycles. The fourth-order valence-corrected chi connectivity index (χ4v) is 2.57. The van der Waals surface area contributed by atoms with Crippen LogP contribution in [0.4, 0.5) is 0 Å². The number of ether oxygens (including phenoxy) is 1. The minimum atomic E-state index is -1.10. The number of rotatable bonds is 3. The molecular formula is C16H18N2O2. The van der Waals surface area contributed by atoms with Gasteiger partial charge in [-0.2, -0.15) is 0 Å². The number of benzene rings is 1.